The second-order valence-corrected chi connectivity index (χ2v) is 6.82. The minimum atomic E-state index is -1.28. The summed E-state index contributed by atoms with van der Waals surface area (Å²) in [4.78, 5) is 23.7. The number of ketones is 1. The second kappa shape index (κ2) is 8.51. The molecule has 11 heteroatoms. The molecule has 0 amide bonds. The van der Waals surface area contributed by atoms with Crippen molar-refractivity contribution in [1.29, 1.82) is 0 Å². The van der Waals surface area contributed by atoms with E-state index in [1.54, 1.807) is 18.3 Å². The lowest BCUT2D eigenvalue weighted by Gasteiger charge is -2.27. The summed E-state index contributed by atoms with van der Waals surface area (Å²) in [7, 11) is -1.28. The molecular formula is C17H21BN4O6. The summed E-state index contributed by atoms with van der Waals surface area (Å²) < 4.78 is 6.76. The molecule has 28 heavy (non-hydrogen) atoms. The maximum absolute atomic E-state index is 12.4. The number of nitrogens with zero attached hydrogens (tertiary/aromatic N) is 3. The lowest BCUT2D eigenvalue weighted by molar-refractivity contribution is -0.120. The summed E-state index contributed by atoms with van der Waals surface area (Å²) in [6.45, 7) is 0.0768. The molecule has 5 N–H and O–H groups in total. The summed E-state index contributed by atoms with van der Waals surface area (Å²) in [6, 6.07) is 4.73. The third-order valence-corrected chi connectivity index (χ3v) is 4.58. The summed E-state index contributed by atoms with van der Waals surface area (Å²) in [6.07, 6.45) is 1.47. The predicted molar refractivity (Wildman–Crippen MR) is 97.9 cm³/mol. The zero-order valence-electron chi connectivity index (χ0n) is 15.1. The van der Waals surface area contributed by atoms with Crippen LogP contribution in [-0.4, -0.2) is 61.8 Å². The first-order chi connectivity index (χ1) is 13.4. The Morgan fingerprint density at radius 2 is 2.21 bits per heavy atom. The molecule has 1 aromatic carbocycles. The zero-order chi connectivity index (χ0) is 20.3. The second-order valence-electron chi connectivity index (χ2n) is 6.82. The fourth-order valence-electron chi connectivity index (χ4n) is 3.20. The maximum atomic E-state index is 12.4. The predicted octanol–water partition coefficient (Wildman–Crippen LogP) is -0.717. The molecule has 148 valence electrons. The minimum absolute atomic E-state index is 0.0175. The number of Topliss-reactive ketones (excluding diaryl/α,β-unsaturated/α-hetero) is 1. The van der Waals surface area contributed by atoms with Gasteiger partial charge in [-0.1, -0.05) is 17.3 Å². The van der Waals surface area contributed by atoms with Gasteiger partial charge in [0, 0.05) is 31.4 Å². The smallest absolute Gasteiger partial charge is 0.526 e. The van der Waals surface area contributed by atoms with Gasteiger partial charge in [-0.2, -0.15) is 0 Å². The van der Waals surface area contributed by atoms with Crippen molar-refractivity contribution in [3.05, 3.63) is 41.2 Å². The SMILES string of the molecule is NCC(O)Cc1cn(CC(=O)C[C@H]2Cc3cccc(C(=O)O)c3OB2O)nn1. The Hall–Kier alpha value is -2.76. The number of rotatable bonds is 8. The van der Waals surface area contributed by atoms with Gasteiger partial charge < -0.3 is 25.6 Å². The molecule has 0 radical (unpaired) electrons. The topological polar surface area (TPSA) is 161 Å². The van der Waals surface area contributed by atoms with Crippen LogP contribution in [0.5, 0.6) is 5.75 Å². The lowest BCUT2D eigenvalue weighted by Crippen LogP contribution is -2.36. The van der Waals surface area contributed by atoms with E-state index in [9.17, 15) is 24.8 Å². The molecule has 0 saturated heterocycles. The van der Waals surface area contributed by atoms with Gasteiger partial charge in [0.05, 0.1) is 17.4 Å². The highest BCUT2D eigenvalue weighted by atomic mass is 16.5. The van der Waals surface area contributed by atoms with E-state index < -0.39 is 25.0 Å². The fourth-order valence-corrected chi connectivity index (χ4v) is 3.20. The van der Waals surface area contributed by atoms with Gasteiger partial charge in [0.25, 0.3) is 0 Å². The molecule has 10 nitrogen and oxygen atoms in total. The number of carboxylic acids is 1. The van der Waals surface area contributed by atoms with Gasteiger partial charge in [-0.15, -0.1) is 5.10 Å². The number of hydrogen-bond acceptors (Lipinski definition) is 8. The molecule has 0 fully saturated rings. The quantitative estimate of drug-likeness (QED) is 0.428. The lowest BCUT2D eigenvalue weighted by atomic mass is 9.64. The number of nitrogens with two attached hydrogens (primary N) is 1. The third-order valence-electron chi connectivity index (χ3n) is 4.58. The number of benzene rings is 1. The van der Waals surface area contributed by atoms with Crippen molar-refractivity contribution in [3.63, 3.8) is 0 Å². The van der Waals surface area contributed by atoms with Crippen molar-refractivity contribution in [2.45, 2.75) is 37.7 Å². The highest BCUT2D eigenvalue weighted by Gasteiger charge is 2.37. The fraction of sp³-hybridized carbons (Fsp3) is 0.412. The van der Waals surface area contributed by atoms with E-state index in [1.165, 1.54) is 10.7 Å². The van der Waals surface area contributed by atoms with Crippen LogP contribution in [0.4, 0.5) is 0 Å². The Morgan fingerprint density at radius 3 is 2.93 bits per heavy atom. The monoisotopic (exact) mass is 388 g/mol. The van der Waals surface area contributed by atoms with Crippen LogP contribution in [0, 0.1) is 0 Å². The van der Waals surface area contributed by atoms with Crippen LogP contribution in [0.2, 0.25) is 5.82 Å². The van der Waals surface area contributed by atoms with Crippen LogP contribution in [0.15, 0.2) is 24.4 Å². The van der Waals surface area contributed by atoms with E-state index in [1.807, 2.05) is 0 Å². The number of para-hydroxylation sites is 1. The van der Waals surface area contributed by atoms with Crippen molar-refractivity contribution < 1.29 is 29.5 Å². The average Bonchev–Trinajstić information content (AvgIpc) is 3.08. The third kappa shape index (κ3) is 4.56. The number of aliphatic hydroxyl groups is 1. The first-order valence-electron chi connectivity index (χ1n) is 8.86. The summed E-state index contributed by atoms with van der Waals surface area (Å²) >= 11 is 0. The number of aromatic nitrogens is 3. The van der Waals surface area contributed by atoms with E-state index in [-0.39, 0.29) is 43.0 Å². The highest BCUT2D eigenvalue weighted by molar-refractivity contribution is 6.47. The first kappa shape index (κ1) is 20.0. The number of aliphatic hydroxyl groups excluding tert-OH is 1. The molecule has 1 aliphatic rings. The normalized spacial score (nSPS) is 17.0. The highest BCUT2D eigenvalue weighted by Crippen LogP contribution is 2.36. The molecule has 3 rings (SSSR count). The van der Waals surface area contributed by atoms with Crippen LogP contribution >= 0.6 is 0 Å². The number of carbonyl (C=O) groups is 2. The largest absolute Gasteiger partial charge is 0.535 e. The van der Waals surface area contributed by atoms with Gasteiger partial charge in [0.2, 0.25) is 0 Å². The molecule has 2 heterocycles. The van der Waals surface area contributed by atoms with Gasteiger partial charge in [0.1, 0.15) is 12.3 Å². The Morgan fingerprint density at radius 1 is 1.43 bits per heavy atom. The molecule has 2 aromatic rings. The number of fused-ring (bicyclic) bond motifs is 1. The van der Waals surface area contributed by atoms with Crippen LogP contribution in [0.3, 0.4) is 0 Å². The molecule has 2 atom stereocenters. The molecule has 0 spiro atoms. The first-order valence-corrected chi connectivity index (χ1v) is 8.86. The molecule has 1 aromatic heterocycles. The van der Waals surface area contributed by atoms with E-state index in [2.05, 4.69) is 10.3 Å². The van der Waals surface area contributed by atoms with Crippen molar-refractivity contribution in [2.24, 2.45) is 5.73 Å². The van der Waals surface area contributed by atoms with Gasteiger partial charge in [-0.25, -0.2) is 9.48 Å². The molecule has 0 aliphatic carbocycles. The van der Waals surface area contributed by atoms with Crippen LogP contribution in [0.25, 0.3) is 0 Å². The van der Waals surface area contributed by atoms with Gasteiger partial charge in [0.15, 0.2) is 5.78 Å². The standard InChI is InChI=1S/C17H21BN4O6/c19-7-13(23)6-12-8-22(21-20-12)9-14(24)5-11-4-10-2-1-3-15(17(25)26)16(10)28-18(11)27/h1-3,8,11,13,23,27H,4-7,9,19H2,(H,25,26)/t11-,13?/m1/s1. The van der Waals surface area contributed by atoms with Crippen LogP contribution in [-0.2, 0) is 24.2 Å². The summed E-state index contributed by atoms with van der Waals surface area (Å²) in [5, 5.41) is 36.7. The van der Waals surface area contributed by atoms with E-state index in [0.29, 0.717) is 17.7 Å². The maximum Gasteiger partial charge on any atom is 0.526 e. The number of aromatic carboxylic acids is 1. The van der Waals surface area contributed by atoms with E-state index >= 15 is 0 Å². The minimum Gasteiger partial charge on any atom is -0.535 e. The Kier molecular flexibility index (Phi) is 6.07. The average molecular weight is 388 g/mol. The van der Waals surface area contributed by atoms with Crippen molar-refractivity contribution in [1.82, 2.24) is 15.0 Å². The molecular weight excluding hydrogens is 367 g/mol. The van der Waals surface area contributed by atoms with Gasteiger partial charge >= 0.3 is 13.1 Å². The molecule has 1 aliphatic heterocycles. The van der Waals surface area contributed by atoms with Crippen LogP contribution in [0.1, 0.15) is 28.0 Å². The van der Waals surface area contributed by atoms with Gasteiger partial charge in [-0.3, -0.25) is 4.79 Å². The van der Waals surface area contributed by atoms with E-state index in [4.69, 9.17) is 10.4 Å². The summed E-state index contributed by atoms with van der Waals surface area (Å²) in [5.41, 5.74) is 6.51. The Balaban J connectivity index is 1.62. The van der Waals surface area contributed by atoms with Gasteiger partial charge in [-0.05, 0) is 18.1 Å². The summed E-state index contributed by atoms with van der Waals surface area (Å²) in [5.74, 6) is -1.67. The Labute approximate surface area is 161 Å². The van der Waals surface area contributed by atoms with Crippen molar-refractivity contribution in [3.8, 4) is 5.75 Å². The Bertz CT molecular complexity index is 873. The van der Waals surface area contributed by atoms with E-state index in [0.717, 1.165) is 0 Å². The number of carboxylic acid groups (broad SMARTS) is 1. The number of hydrogen-bond donors (Lipinski definition) is 4. The zero-order valence-corrected chi connectivity index (χ0v) is 15.1. The molecule has 0 saturated carbocycles. The number of carbonyl (C=O) groups excluding carboxylic acids is 1. The van der Waals surface area contributed by atoms with Crippen molar-refractivity contribution >= 4 is 18.9 Å². The molecule has 1 unspecified atom stereocenters. The molecule has 0 bridgehead atoms. The van der Waals surface area contributed by atoms with Crippen LogP contribution < -0.4 is 10.4 Å². The van der Waals surface area contributed by atoms with Crippen molar-refractivity contribution in [2.75, 3.05) is 6.54 Å².